The molecule has 0 aromatic heterocycles. The van der Waals surface area contributed by atoms with E-state index in [9.17, 15) is 13.2 Å². The van der Waals surface area contributed by atoms with Crippen molar-refractivity contribution in [2.75, 3.05) is 10.8 Å². The van der Waals surface area contributed by atoms with Crippen molar-refractivity contribution >= 4 is 21.6 Å². The van der Waals surface area contributed by atoms with E-state index in [-0.39, 0.29) is 23.4 Å². The third-order valence-corrected chi connectivity index (χ3v) is 6.98. The van der Waals surface area contributed by atoms with E-state index >= 15 is 0 Å². The standard InChI is InChI=1S/C25H28N2O3S/c1-3-20-13-11-12-18-24(20)27(31(29,30)22-16-9-6-10-17-22)19-25(28)26-23(4-2)21-14-7-5-8-15-21/h5-18,23H,3-4,19H2,1-2H3,(H,26,28)/t23-/m0/s1. The SMILES string of the molecule is CCc1ccccc1N(CC(=O)N[C@@H](CC)c1ccccc1)S(=O)(=O)c1ccccc1. The Morgan fingerprint density at radius 1 is 0.871 bits per heavy atom. The van der Waals surface area contributed by atoms with Gasteiger partial charge in [-0.25, -0.2) is 8.42 Å². The van der Waals surface area contributed by atoms with Gasteiger partial charge in [-0.3, -0.25) is 9.10 Å². The molecule has 0 aliphatic heterocycles. The molecule has 0 heterocycles. The number of nitrogens with one attached hydrogen (secondary N) is 1. The summed E-state index contributed by atoms with van der Waals surface area (Å²) in [6.07, 6.45) is 1.35. The monoisotopic (exact) mass is 436 g/mol. The number of benzene rings is 3. The molecule has 0 unspecified atom stereocenters. The van der Waals surface area contributed by atoms with Crippen LogP contribution in [0.25, 0.3) is 0 Å². The molecular formula is C25H28N2O3S. The summed E-state index contributed by atoms with van der Waals surface area (Å²) < 4.78 is 28.2. The van der Waals surface area contributed by atoms with Gasteiger partial charge in [0.05, 0.1) is 16.6 Å². The van der Waals surface area contributed by atoms with Crippen molar-refractivity contribution in [3.05, 3.63) is 96.1 Å². The molecule has 162 valence electrons. The number of amides is 1. The van der Waals surface area contributed by atoms with Gasteiger partial charge >= 0.3 is 0 Å². The number of sulfonamides is 1. The molecule has 0 aliphatic carbocycles. The first-order valence-corrected chi connectivity index (χ1v) is 11.9. The first-order chi connectivity index (χ1) is 15.0. The maximum Gasteiger partial charge on any atom is 0.264 e. The number of aryl methyl sites for hydroxylation is 1. The van der Waals surface area contributed by atoms with Gasteiger partial charge in [0.2, 0.25) is 5.91 Å². The minimum atomic E-state index is -3.92. The quantitative estimate of drug-likeness (QED) is 0.528. The Morgan fingerprint density at radius 2 is 1.45 bits per heavy atom. The lowest BCUT2D eigenvalue weighted by atomic mass is 10.0. The van der Waals surface area contributed by atoms with Crippen LogP contribution in [-0.4, -0.2) is 20.9 Å². The average Bonchev–Trinajstić information content (AvgIpc) is 2.82. The molecule has 0 aliphatic rings. The zero-order valence-corrected chi connectivity index (χ0v) is 18.7. The third-order valence-electron chi connectivity index (χ3n) is 5.21. The van der Waals surface area contributed by atoms with Crippen LogP contribution in [-0.2, 0) is 21.2 Å². The number of para-hydroxylation sites is 1. The molecule has 0 fully saturated rings. The Balaban J connectivity index is 1.94. The Hall–Kier alpha value is -3.12. The number of rotatable bonds is 9. The van der Waals surface area contributed by atoms with Crippen LogP contribution in [0.1, 0.15) is 37.4 Å². The Labute approximate surface area is 184 Å². The van der Waals surface area contributed by atoms with E-state index in [1.54, 1.807) is 42.5 Å². The summed E-state index contributed by atoms with van der Waals surface area (Å²) in [6.45, 7) is 3.66. The summed E-state index contributed by atoms with van der Waals surface area (Å²) in [5.41, 5.74) is 2.38. The minimum absolute atomic E-state index is 0.156. The smallest absolute Gasteiger partial charge is 0.264 e. The summed E-state index contributed by atoms with van der Waals surface area (Å²) in [7, 11) is -3.92. The van der Waals surface area contributed by atoms with Crippen molar-refractivity contribution in [3.63, 3.8) is 0 Å². The molecule has 3 aromatic rings. The van der Waals surface area contributed by atoms with Crippen molar-refractivity contribution in [3.8, 4) is 0 Å². The fourth-order valence-corrected chi connectivity index (χ4v) is 5.03. The molecule has 3 aromatic carbocycles. The molecule has 0 spiro atoms. The van der Waals surface area contributed by atoms with Crippen LogP contribution >= 0.6 is 0 Å². The predicted molar refractivity (Wildman–Crippen MR) is 124 cm³/mol. The fourth-order valence-electron chi connectivity index (χ4n) is 3.55. The number of carbonyl (C=O) groups excluding carboxylic acids is 1. The van der Waals surface area contributed by atoms with Gasteiger partial charge in [-0.1, -0.05) is 80.6 Å². The van der Waals surface area contributed by atoms with Gasteiger partial charge in [0.25, 0.3) is 10.0 Å². The van der Waals surface area contributed by atoms with Gasteiger partial charge in [0.15, 0.2) is 0 Å². The highest BCUT2D eigenvalue weighted by Crippen LogP contribution is 2.27. The molecule has 6 heteroatoms. The van der Waals surface area contributed by atoms with Crippen molar-refractivity contribution in [1.82, 2.24) is 5.32 Å². The summed E-state index contributed by atoms with van der Waals surface area (Å²) in [5.74, 6) is -0.346. The van der Waals surface area contributed by atoms with Gasteiger partial charge in [0.1, 0.15) is 6.54 Å². The normalized spacial score (nSPS) is 12.2. The highest BCUT2D eigenvalue weighted by molar-refractivity contribution is 7.92. The second-order valence-electron chi connectivity index (χ2n) is 7.25. The second kappa shape index (κ2) is 10.3. The number of hydrogen-bond acceptors (Lipinski definition) is 3. The molecule has 5 nitrogen and oxygen atoms in total. The van der Waals surface area contributed by atoms with Crippen LogP contribution in [0.15, 0.2) is 89.8 Å². The zero-order chi connectivity index (χ0) is 22.3. The molecule has 31 heavy (non-hydrogen) atoms. The van der Waals surface area contributed by atoms with Crippen LogP contribution in [0.5, 0.6) is 0 Å². The molecule has 0 bridgehead atoms. The van der Waals surface area contributed by atoms with E-state index < -0.39 is 10.0 Å². The van der Waals surface area contributed by atoms with Crippen LogP contribution in [0.3, 0.4) is 0 Å². The fraction of sp³-hybridized carbons (Fsp3) is 0.240. The molecule has 3 rings (SSSR count). The average molecular weight is 437 g/mol. The first-order valence-electron chi connectivity index (χ1n) is 10.5. The Morgan fingerprint density at radius 3 is 2.06 bits per heavy atom. The van der Waals surface area contributed by atoms with Crippen LogP contribution < -0.4 is 9.62 Å². The lowest BCUT2D eigenvalue weighted by molar-refractivity contribution is -0.120. The van der Waals surface area contributed by atoms with Crippen molar-refractivity contribution < 1.29 is 13.2 Å². The lowest BCUT2D eigenvalue weighted by Crippen LogP contribution is -2.42. The first kappa shape index (κ1) is 22.6. The topological polar surface area (TPSA) is 66.5 Å². The number of hydrogen-bond donors (Lipinski definition) is 1. The summed E-state index contributed by atoms with van der Waals surface area (Å²) in [4.78, 5) is 13.2. The largest absolute Gasteiger partial charge is 0.348 e. The van der Waals surface area contributed by atoms with Crippen LogP contribution in [0.2, 0.25) is 0 Å². The highest BCUT2D eigenvalue weighted by atomic mass is 32.2. The summed E-state index contributed by atoms with van der Waals surface area (Å²) in [6, 6.07) is 25.0. The molecule has 1 amide bonds. The maximum atomic E-state index is 13.5. The van der Waals surface area contributed by atoms with Gasteiger partial charge in [-0.2, -0.15) is 0 Å². The van der Waals surface area contributed by atoms with Crippen LogP contribution in [0, 0.1) is 0 Å². The van der Waals surface area contributed by atoms with E-state index in [0.29, 0.717) is 18.5 Å². The van der Waals surface area contributed by atoms with E-state index in [4.69, 9.17) is 0 Å². The maximum absolute atomic E-state index is 13.5. The predicted octanol–water partition coefficient (Wildman–Crippen LogP) is 4.71. The van der Waals surface area contributed by atoms with Crippen molar-refractivity contribution in [2.45, 2.75) is 37.6 Å². The number of nitrogens with zero attached hydrogens (tertiary/aromatic N) is 1. The van der Waals surface area contributed by atoms with Gasteiger partial charge in [-0.05, 0) is 42.2 Å². The summed E-state index contributed by atoms with van der Waals surface area (Å²) in [5, 5.41) is 3.00. The van der Waals surface area contributed by atoms with E-state index in [2.05, 4.69) is 5.32 Å². The molecule has 0 radical (unpaired) electrons. The second-order valence-corrected chi connectivity index (χ2v) is 9.11. The van der Waals surface area contributed by atoms with E-state index in [0.717, 1.165) is 11.1 Å². The highest BCUT2D eigenvalue weighted by Gasteiger charge is 2.29. The van der Waals surface area contributed by atoms with Crippen molar-refractivity contribution in [2.24, 2.45) is 0 Å². The third kappa shape index (κ3) is 5.33. The zero-order valence-electron chi connectivity index (χ0n) is 17.9. The van der Waals surface area contributed by atoms with Gasteiger partial charge in [-0.15, -0.1) is 0 Å². The van der Waals surface area contributed by atoms with Crippen LogP contribution in [0.4, 0.5) is 5.69 Å². The number of carbonyl (C=O) groups is 1. The molecular weight excluding hydrogens is 408 g/mol. The van der Waals surface area contributed by atoms with Gasteiger partial charge in [0, 0.05) is 0 Å². The van der Waals surface area contributed by atoms with Gasteiger partial charge < -0.3 is 5.32 Å². The molecule has 0 saturated carbocycles. The lowest BCUT2D eigenvalue weighted by Gasteiger charge is -2.27. The molecule has 1 atom stereocenters. The Bertz CT molecular complexity index is 1100. The minimum Gasteiger partial charge on any atom is -0.348 e. The Kier molecular flexibility index (Phi) is 7.47. The molecule has 0 saturated heterocycles. The van der Waals surface area contributed by atoms with Crippen molar-refractivity contribution in [1.29, 1.82) is 0 Å². The number of anilines is 1. The molecule has 1 N–H and O–H groups in total. The van der Waals surface area contributed by atoms with E-state index in [1.165, 1.54) is 4.31 Å². The summed E-state index contributed by atoms with van der Waals surface area (Å²) >= 11 is 0. The van der Waals surface area contributed by atoms with E-state index in [1.807, 2.05) is 56.3 Å².